The van der Waals surface area contributed by atoms with Crippen molar-refractivity contribution in [2.24, 2.45) is 0 Å². The van der Waals surface area contributed by atoms with Crippen LogP contribution in [0.15, 0.2) is 0 Å². The van der Waals surface area contributed by atoms with Crippen LogP contribution in [0.2, 0.25) is 0 Å². The van der Waals surface area contributed by atoms with Crippen LogP contribution in [0.1, 0.15) is 27.2 Å². The standard InChI is InChI=1S/C9H11/c1-4-6-8-9(3)7-5-2/h8H2,1-3H3. The molecule has 0 aliphatic rings. The van der Waals surface area contributed by atoms with Gasteiger partial charge in [0, 0.05) is 6.42 Å². The van der Waals surface area contributed by atoms with Gasteiger partial charge in [-0.25, -0.2) is 0 Å². The molecule has 0 aliphatic heterocycles. The minimum atomic E-state index is 0.817. The van der Waals surface area contributed by atoms with Gasteiger partial charge in [0.15, 0.2) is 0 Å². The van der Waals surface area contributed by atoms with Crippen molar-refractivity contribution in [1.29, 1.82) is 0 Å². The van der Waals surface area contributed by atoms with Crippen LogP contribution in [-0.4, -0.2) is 0 Å². The molecule has 0 heterocycles. The molecule has 1 radical (unpaired) electrons. The van der Waals surface area contributed by atoms with Crippen LogP contribution >= 0.6 is 0 Å². The van der Waals surface area contributed by atoms with Crippen LogP contribution in [0.5, 0.6) is 0 Å². The fourth-order valence-electron chi connectivity index (χ4n) is 0.479. The molecule has 0 nitrogen and oxygen atoms in total. The van der Waals surface area contributed by atoms with Crippen molar-refractivity contribution in [3.05, 3.63) is 5.92 Å². The van der Waals surface area contributed by atoms with Crippen LogP contribution in [0.25, 0.3) is 0 Å². The second-order valence-electron chi connectivity index (χ2n) is 1.76. The molecule has 0 aromatic heterocycles. The van der Waals surface area contributed by atoms with Gasteiger partial charge in [-0.1, -0.05) is 5.92 Å². The first kappa shape index (κ1) is 8.12. The third kappa shape index (κ3) is 4.98. The highest BCUT2D eigenvalue weighted by atomic mass is 13.9. The van der Waals surface area contributed by atoms with Gasteiger partial charge >= 0.3 is 0 Å². The third-order valence-electron chi connectivity index (χ3n) is 0.869. The van der Waals surface area contributed by atoms with Crippen LogP contribution < -0.4 is 0 Å². The molecule has 0 fully saturated rings. The van der Waals surface area contributed by atoms with Gasteiger partial charge in [-0.15, -0.1) is 17.8 Å². The summed E-state index contributed by atoms with van der Waals surface area (Å²) in [5.41, 5.74) is 0. The van der Waals surface area contributed by atoms with E-state index < -0.39 is 0 Å². The fourth-order valence-corrected chi connectivity index (χ4v) is 0.479. The molecule has 0 bridgehead atoms. The quantitative estimate of drug-likeness (QED) is 0.463. The van der Waals surface area contributed by atoms with Gasteiger partial charge in [-0.3, -0.25) is 0 Å². The molecule has 47 valence electrons. The van der Waals surface area contributed by atoms with Crippen LogP contribution in [-0.2, 0) is 0 Å². The van der Waals surface area contributed by atoms with E-state index in [1.165, 1.54) is 0 Å². The summed E-state index contributed by atoms with van der Waals surface area (Å²) in [7, 11) is 0. The maximum absolute atomic E-state index is 2.94. The molecular weight excluding hydrogens is 108 g/mol. The summed E-state index contributed by atoms with van der Waals surface area (Å²) >= 11 is 0. The monoisotopic (exact) mass is 119 g/mol. The Morgan fingerprint density at radius 1 is 1.22 bits per heavy atom. The van der Waals surface area contributed by atoms with Gasteiger partial charge < -0.3 is 0 Å². The van der Waals surface area contributed by atoms with Crippen LogP contribution in [0.4, 0.5) is 0 Å². The second-order valence-corrected chi connectivity index (χ2v) is 1.76. The maximum Gasteiger partial charge on any atom is 0.0567 e. The summed E-state index contributed by atoms with van der Waals surface area (Å²) in [4.78, 5) is 0. The molecular formula is C9H11. The lowest BCUT2D eigenvalue weighted by Crippen LogP contribution is -1.82. The molecule has 0 amide bonds. The summed E-state index contributed by atoms with van der Waals surface area (Å²) in [5.74, 6) is 12.7. The highest BCUT2D eigenvalue weighted by Crippen LogP contribution is 1.99. The number of rotatable bonds is 1. The Morgan fingerprint density at radius 2 is 1.89 bits per heavy atom. The van der Waals surface area contributed by atoms with Gasteiger partial charge in [0.05, 0.1) is 5.92 Å². The molecule has 0 heteroatoms. The summed E-state index contributed by atoms with van der Waals surface area (Å²) in [5, 5.41) is 0. The molecule has 0 spiro atoms. The molecule has 0 rings (SSSR count). The lowest BCUT2D eigenvalue weighted by Gasteiger charge is -1.90. The Morgan fingerprint density at radius 3 is 2.33 bits per heavy atom. The van der Waals surface area contributed by atoms with Crippen molar-refractivity contribution in [2.75, 3.05) is 0 Å². The first-order chi connectivity index (χ1) is 4.31. The lowest BCUT2D eigenvalue weighted by molar-refractivity contribution is 1.13. The zero-order valence-electron chi connectivity index (χ0n) is 6.21. The van der Waals surface area contributed by atoms with E-state index >= 15 is 0 Å². The Bertz CT molecular complexity index is 168. The van der Waals surface area contributed by atoms with Crippen molar-refractivity contribution < 1.29 is 0 Å². The van der Waals surface area contributed by atoms with E-state index in [-0.39, 0.29) is 0 Å². The minimum Gasteiger partial charge on any atom is -0.107 e. The molecule has 0 unspecified atom stereocenters. The summed E-state index contributed by atoms with van der Waals surface area (Å²) in [6.07, 6.45) is 0.817. The van der Waals surface area contributed by atoms with Crippen molar-refractivity contribution >= 4 is 0 Å². The molecule has 0 aliphatic carbocycles. The van der Waals surface area contributed by atoms with Crippen molar-refractivity contribution in [2.45, 2.75) is 27.2 Å². The van der Waals surface area contributed by atoms with Gasteiger partial charge in [-0.2, -0.15) is 0 Å². The third-order valence-corrected chi connectivity index (χ3v) is 0.869. The average Bonchev–Trinajstić information content (AvgIpc) is 1.85. The second kappa shape index (κ2) is 5.26. The Hall–Kier alpha value is -0.880. The van der Waals surface area contributed by atoms with E-state index in [1.807, 2.05) is 20.8 Å². The van der Waals surface area contributed by atoms with Gasteiger partial charge in [0.2, 0.25) is 0 Å². The molecule has 0 aromatic rings. The van der Waals surface area contributed by atoms with Crippen molar-refractivity contribution in [3.8, 4) is 23.7 Å². The Balaban J connectivity index is 3.54. The Kier molecular flexibility index (Phi) is 4.75. The zero-order valence-corrected chi connectivity index (χ0v) is 6.21. The zero-order chi connectivity index (χ0) is 7.11. The maximum atomic E-state index is 2.94. The first-order valence-electron chi connectivity index (χ1n) is 2.96. The summed E-state index contributed by atoms with van der Waals surface area (Å²) in [6.45, 7) is 5.68. The SMILES string of the molecule is CC#CC[C](C)C#CC. The fraction of sp³-hybridized carbons (Fsp3) is 0.444. The number of hydrogen-bond acceptors (Lipinski definition) is 0. The summed E-state index contributed by atoms with van der Waals surface area (Å²) in [6, 6.07) is 0. The Labute approximate surface area is 57.7 Å². The predicted molar refractivity (Wildman–Crippen MR) is 40.4 cm³/mol. The molecule has 0 aromatic carbocycles. The molecule has 0 atom stereocenters. The minimum absolute atomic E-state index is 0.817. The van der Waals surface area contributed by atoms with E-state index in [2.05, 4.69) is 23.7 Å². The first-order valence-corrected chi connectivity index (χ1v) is 2.96. The topological polar surface area (TPSA) is 0 Å². The average molecular weight is 119 g/mol. The van der Waals surface area contributed by atoms with Gasteiger partial charge in [-0.05, 0) is 20.8 Å². The van der Waals surface area contributed by atoms with Crippen molar-refractivity contribution in [3.63, 3.8) is 0 Å². The number of hydrogen-bond donors (Lipinski definition) is 0. The molecule has 9 heavy (non-hydrogen) atoms. The van der Waals surface area contributed by atoms with Gasteiger partial charge in [0.25, 0.3) is 0 Å². The highest BCUT2D eigenvalue weighted by Gasteiger charge is 1.90. The van der Waals surface area contributed by atoms with E-state index in [0.717, 1.165) is 12.3 Å². The smallest absolute Gasteiger partial charge is 0.0567 e. The highest BCUT2D eigenvalue weighted by molar-refractivity contribution is 5.22. The van der Waals surface area contributed by atoms with E-state index in [1.54, 1.807) is 0 Å². The lowest BCUT2D eigenvalue weighted by atomic mass is 10.1. The van der Waals surface area contributed by atoms with Crippen molar-refractivity contribution in [1.82, 2.24) is 0 Å². The molecule has 0 N–H and O–H groups in total. The largest absolute Gasteiger partial charge is 0.107 e. The van der Waals surface area contributed by atoms with E-state index in [9.17, 15) is 0 Å². The summed E-state index contributed by atoms with van der Waals surface area (Å²) < 4.78 is 0. The van der Waals surface area contributed by atoms with E-state index in [4.69, 9.17) is 0 Å². The van der Waals surface area contributed by atoms with Crippen LogP contribution in [0, 0.1) is 29.6 Å². The normalized spacial score (nSPS) is 7.11. The van der Waals surface area contributed by atoms with E-state index in [0.29, 0.717) is 0 Å². The van der Waals surface area contributed by atoms with Crippen LogP contribution in [0.3, 0.4) is 0 Å². The van der Waals surface area contributed by atoms with Gasteiger partial charge in [0.1, 0.15) is 0 Å². The molecule has 0 saturated heterocycles. The predicted octanol–water partition coefficient (Wildman–Crippen LogP) is 2.02. The molecule has 0 saturated carbocycles.